The van der Waals surface area contributed by atoms with E-state index in [1.54, 1.807) is 0 Å². The van der Waals surface area contributed by atoms with E-state index < -0.39 is 0 Å². The van der Waals surface area contributed by atoms with Crippen LogP contribution >= 0.6 is 0 Å². The second-order valence-corrected chi connectivity index (χ2v) is 8.47. The average Bonchev–Trinajstić information content (AvgIpc) is 3.17. The van der Waals surface area contributed by atoms with Gasteiger partial charge in [-0.3, -0.25) is 9.89 Å². The first kappa shape index (κ1) is 22.4. The number of ether oxygens (including phenoxy) is 2. The molecule has 2 aliphatic heterocycles. The number of piperidine rings is 1. The van der Waals surface area contributed by atoms with Crippen LogP contribution in [0, 0.1) is 11.8 Å². The van der Waals surface area contributed by atoms with E-state index in [1.165, 1.54) is 32.4 Å². The van der Waals surface area contributed by atoms with Crippen molar-refractivity contribution in [3.63, 3.8) is 0 Å². The van der Waals surface area contributed by atoms with Gasteiger partial charge in [0, 0.05) is 39.4 Å². The highest BCUT2D eigenvalue weighted by Gasteiger charge is 2.25. The largest absolute Gasteiger partial charge is 0.379 e. The first-order valence-electron chi connectivity index (χ1n) is 11.0. The Bertz CT molecular complexity index is 416. The molecule has 2 atom stereocenters. The van der Waals surface area contributed by atoms with E-state index in [0.29, 0.717) is 18.1 Å². The summed E-state index contributed by atoms with van der Waals surface area (Å²) in [5.74, 6) is 2.40. The minimum Gasteiger partial charge on any atom is -0.379 e. The number of guanidine groups is 1. The quantitative estimate of drug-likeness (QED) is 0.345. The van der Waals surface area contributed by atoms with Crippen LogP contribution < -0.4 is 10.6 Å². The van der Waals surface area contributed by atoms with Crippen molar-refractivity contribution in [2.45, 2.75) is 65.0 Å². The summed E-state index contributed by atoms with van der Waals surface area (Å²) in [6.45, 7) is 13.7. The number of rotatable bonds is 10. The lowest BCUT2D eigenvalue weighted by atomic mass is 9.94. The smallest absolute Gasteiger partial charge is 0.191 e. The minimum absolute atomic E-state index is 0.318. The Hall–Kier alpha value is -0.850. The summed E-state index contributed by atoms with van der Waals surface area (Å²) in [4.78, 5) is 7.03. The predicted molar refractivity (Wildman–Crippen MR) is 112 cm³/mol. The van der Waals surface area contributed by atoms with Crippen LogP contribution in [0.2, 0.25) is 0 Å². The van der Waals surface area contributed by atoms with Crippen molar-refractivity contribution in [3.05, 3.63) is 0 Å². The summed E-state index contributed by atoms with van der Waals surface area (Å²) in [5, 5.41) is 6.94. The van der Waals surface area contributed by atoms with Crippen molar-refractivity contribution in [1.29, 1.82) is 0 Å². The molecule has 27 heavy (non-hydrogen) atoms. The second-order valence-electron chi connectivity index (χ2n) is 8.47. The van der Waals surface area contributed by atoms with Crippen molar-refractivity contribution < 1.29 is 9.47 Å². The van der Waals surface area contributed by atoms with Gasteiger partial charge in [0.2, 0.25) is 0 Å². The first-order valence-corrected chi connectivity index (χ1v) is 11.0. The fraction of sp³-hybridized carbons (Fsp3) is 0.952. The number of nitrogens with one attached hydrogen (secondary N) is 2. The van der Waals surface area contributed by atoms with Crippen LogP contribution in [0.5, 0.6) is 0 Å². The van der Waals surface area contributed by atoms with Gasteiger partial charge in [-0.1, -0.05) is 20.8 Å². The summed E-state index contributed by atoms with van der Waals surface area (Å²) in [6.07, 6.45) is 6.25. The Labute approximate surface area is 166 Å². The molecule has 6 heteroatoms. The van der Waals surface area contributed by atoms with Gasteiger partial charge in [0.05, 0.1) is 12.7 Å². The Morgan fingerprint density at radius 3 is 2.63 bits per heavy atom. The van der Waals surface area contributed by atoms with Crippen LogP contribution in [0.25, 0.3) is 0 Å². The van der Waals surface area contributed by atoms with E-state index >= 15 is 0 Å². The fourth-order valence-electron chi connectivity index (χ4n) is 3.94. The highest BCUT2D eigenvalue weighted by atomic mass is 16.5. The van der Waals surface area contributed by atoms with Crippen LogP contribution in [0.4, 0.5) is 0 Å². The maximum absolute atomic E-state index is 5.72. The van der Waals surface area contributed by atoms with Crippen LogP contribution in [0.3, 0.4) is 0 Å². The van der Waals surface area contributed by atoms with Crippen molar-refractivity contribution in [2.24, 2.45) is 16.8 Å². The zero-order chi connectivity index (χ0) is 19.5. The zero-order valence-electron chi connectivity index (χ0n) is 18.0. The van der Waals surface area contributed by atoms with Gasteiger partial charge in [-0.15, -0.1) is 0 Å². The van der Waals surface area contributed by atoms with E-state index in [1.807, 2.05) is 7.05 Å². The zero-order valence-corrected chi connectivity index (χ0v) is 18.0. The summed E-state index contributed by atoms with van der Waals surface area (Å²) >= 11 is 0. The lowest BCUT2D eigenvalue weighted by Crippen LogP contribution is -2.51. The predicted octanol–water partition coefficient (Wildman–Crippen LogP) is 2.49. The van der Waals surface area contributed by atoms with Gasteiger partial charge in [0.15, 0.2) is 5.96 Å². The molecule has 0 aromatic heterocycles. The lowest BCUT2D eigenvalue weighted by molar-refractivity contribution is 0.0168. The third-order valence-corrected chi connectivity index (χ3v) is 5.84. The van der Waals surface area contributed by atoms with E-state index in [4.69, 9.17) is 9.47 Å². The van der Waals surface area contributed by atoms with Crippen LogP contribution in [-0.2, 0) is 9.47 Å². The SMILES string of the molecule is CN=C(NCCCOCC1CCCO1)NCC(C(C)C)N1CCC(C)CC1. The average molecular weight is 383 g/mol. The molecule has 2 N–H and O–H groups in total. The maximum Gasteiger partial charge on any atom is 0.191 e. The molecule has 0 bridgehead atoms. The third-order valence-electron chi connectivity index (χ3n) is 5.84. The van der Waals surface area contributed by atoms with Crippen LogP contribution in [0.15, 0.2) is 4.99 Å². The number of likely N-dealkylation sites (tertiary alicyclic amines) is 1. The van der Waals surface area contributed by atoms with E-state index in [2.05, 4.69) is 41.3 Å². The van der Waals surface area contributed by atoms with Crippen LogP contribution in [-0.4, -0.2) is 76.1 Å². The summed E-state index contributed by atoms with van der Waals surface area (Å²) in [7, 11) is 1.84. The number of aliphatic imine (C=N–C) groups is 1. The summed E-state index contributed by atoms with van der Waals surface area (Å²) < 4.78 is 11.3. The van der Waals surface area contributed by atoms with E-state index in [0.717, 1.165) is 57.6 Å². The van der Waals surface area contributed by atoms with Crippen LogP contribution in [0.1, 0.15) is 52.9 Å². The molecule has 0 radical (unpaired) electrons. The standard InChI is InChI=1S/C21H42N4O2/c1-17(2)20(25-11-8-18(3)9-12-25)15-24-21(22-4)23-10-6-13-26-16-19-7-5-14-27-19/h17-20H,5-16H2,1-4H3,(H2,22,23,24). The van der Waals surface area contributed by atoms with Gasteiger partial charge in [-0.05, 0) is 57.0 Å². The molecule has 2 unspecified atom stereocenters. The number of hydrogen-bond acceptors (Lipinski definition) is 4. The molecule has 2 fully saturated rings. The number of nitrogens with zero attached hydrogens (tertiary/aromatic N) is 2. The Morgan fingerprint density at radius 2 is 2.00 bits per heavy atom. The first-order chi connectivity index (χ1) is 13.1. The molecule has 0 aliphatic carbocycles. The molecule has 0 amide bonds. The Balaban J connectivity index is 1.60. The molecule has 0 aromatic carbocycles. The molecule has 2 rings (SSSR count). The lowest BCUT2D eigenvalue weighted by Gasteiger charge is -2.39. The van der Waals surface area contributed by atoms with E-state index in [9.17, 15) is 0 Å². The van der Waals surface area contributed by atoms with Gasteiger partial charge in [-0.2, -0.15) is 0 Å². The second kappa shape index (κ2) is 12.6. The Kier molecular flexibility index (Phi) is 10.5. The number of hydrogen-bond donors (Lipinski definition) is 2. The molecule has 0 saturated carbocycles. The Morgan fingerprint density at radius 1 is 1.22 bits per heavy atom. The van der Waals surface area contributed by atoms with E-state index in [-0.39, 0.29) is 0 Å². The van der Waals surface area contributed by atoms with Crippen molar-refractivity contribution in [3.8, 4) is 0 Å². The molecule has 2 saturated heterocycles. The van der Waals surface area contributed by atoms with Gasteiger partial charge in [0.1, 0.15) is 0 Å². The maximum atomic E-state index is 5.72. The highest BCUT2D eigenvalue weighted by Crippen LogP contribution is 2.21. The van der Waals surface area contributed by atoms with Gasteiger partial charge >= 0.3 is 0 Å². The summed E-state index contributed by atoms with van der Waals surface area (Å²) in [5.41, 5.74) is 0. The highest BCUT2D eigenvalue weighted by molar-refractivity contribution is 5.79. The van der Waals surface area contributed by atoms with Gasteiger partial charge in [-0.25, -0.2) is 0 Å². The third kappa shape index (κ3) is 8.36. The molecule has 6 nitrogen and oxygen atoms in total. The molecular formula is C21H42N4O2. The topological polar surface area (TPSA) is 58.1 Å². The molecule has 2 aliphatic rings. The fourth-order valence-corrected chi connectivity index (χ4v) is 3.94. The monoisotopic (exact) mass is 382 g/mol. The molecule has 0 spiro atoms. The normalized spacial score (nSPS) is 23.7. The summed E-state index contributed by atoms with van der Waals surface area (Å²) in [6, 6.07) is 0.561. The minimum atomic E-state index is 0.318. The van der Waals surface area contributed by atoms with Crippen molar-refractivity contribution in [1.82, 2.24) is 15.5 Å². The molecule has 158 valence electrons. The molecule has 2 heterocycles. The van der Waals surface area contributed by atoms with Gasteiger partial charge in [0.25, 0.3) is 0 Å². The van der Waals surface area contributed by atoms with Crippen molar-refractivity contribution in [2.75, 3.05) is 53.0 Å². The van der Waals surface area contributed by atoms with Gasteiger partial charge < -0.3 is 20.1 Å². The molecule has 0 aromatic rings. The molecular weight excluding hydrogens is 340 g/mol. The van der Waals surface area contributed by atoms with Crippen molar-refractivity contribution >= 4 is 5.96 Å².